The highest BCUT2D eigenvalue weighted by molar-refractivity contribution is 5.81. The van der Waals surface area contributed by atoms with Crippen molar-refractivity contribution in [1.29, 1.82) is 0 Å². The number of benzene rings is 2. The Bertz CT molecular complexity index is 760. The van der Waals surface area contributed by atoms with Crippen LogP contribution in [0.5, 0.6) is 11.5 Å². The number of hydrogen-bond acceptors (Lipinski definition) is 6. The second-order valence-electron chi connectivity index (χ2n) is 5.87. The summed E-state index contributed by atoms with van der Waals surface area (Å²) in [5.74, 6) is 1.42. The molecule has 2 aromatic carbocycles. The molecular weight excluding hydrogens is 346 g/mol. The van der Waals surface area contributed by atoms with Gasteiger partial charge in [0.2, 0.25) is 0 Å². The third-order valence-electron chi connectivity index (χ3n) is 3.76. The van der Waals surface area contributed by atoms with Crippen LogP contribution in [0.25, 0.3) is 0 Å². The van der Waals surface area contributed by atoms with Gasteiger partial charge in [-0.15, -0.1) is 0 Å². The van der Waals surface area contributed by atoms with Crippen LogP contribution in [0.1, 0.15) is 38.7 Å². The largest absolute Gasteiger partial charge is 0.490 e. The molecule has 0 aliphatic rings. The monoisotopic (exact) mass is 371 g/mol. The number of unbranched alkanes of at least 4 members (excludes halogenated alkanes) is 2. The molecular formula is C20H25N3O4. The van der Waals surface area contributed by atoms with Crippen molar-refractivity contribution in [2.24, 2.45) is 5.10 Å². The molecule has 0 saturated carbocycles. The summed E-state index contributed by atoms with van der Waals surface area (Å²) in [7, 11) is 0. The van der Waals surface area contributed by atoms with Crippen LogP contribution in [0.2, 0.25) is 0 Å². The summed E-state index contributed by atoms with van der Waals surface area (Å²) in [6, 6.07) is 11.7. The Morgan fingerprint density at radius 2 is 1.85 bits per heavy atom. The van der Waals surface area contributed by atoms with E-state index in [-0.39, 0.29) is 5.69 Å². The molecule has 0 saturated heterocycles. The maximum Gasteiger partial charge on any atom is 0.269 e. The van der Waals surface area contributed by atoms with E-state index >= 15 is 0 Å². The summed E-state index contributed by atoms with van der Waals surface area (Å²) in [5, 5.41) is 14.8. The molecule has 0 aliphatic carbocycles. The Hall–Kier alpha value is -3.09. The zero-order valence-corrected chi connectivity index (χ0v) is 15.7. The second kappa shape index (κ2) is 10.8. The van der Waals surface area contributed by atoms with Crippen molar-refractivity contribution in [1.82, 2.24) is 0 Å². The molecule has 144 valence electrons. The molecule has 0 radical (unpaired) electrons. The summed E-state index contributed by atoms with van der Waals surface area (Å²) >= 11 is 0. The van der Waals surface area contributed by atoms with Gasteiger partial charge in [0.1, 0.15) is 0 Å². The zero-order chi connectivity index (χ0) is 19.5. The van der Waals surface area contributed by atoms with E-state index in [0.29, 0.717) is 24.7 Å². The molecule has 0 bridgehead atoms. The second-order valence-corrected chi connectivity index (χ2v) is 5.87. The van der Waals surface area contributed by atoms with E-state index in [1.807, 2.05) is 25.1 Å². The van der Waals surface area contributed by atoms with Gasteiger partial charge < -0.3 is 9.47 Å². The summed E-state index contributed by atoms with van der Waals surface area (Å²) in [5.41, 5.74) is 4.41. The van der Waals surface area contributed by atoms with Gasteiger partial charge in [0.25, 0.3) is 5.69 Å². The Morgan fingerprint density at radius 3 is 2.52 bits per heavy atom. The molecule has 0 fully saturated rings. The highest BCUT2D eigenvalue weighted by atomic mass is 16.6. The first-order chi connectivity index (χ1) is 13.1. The van der Waals surface area contributed by atoms with Gasteiger partial charge in [-0.2, -0.15) is 5.10 Å². The van der Waals surface area contributed by atoms with Gasteiger partial charge in [-0.05, 0) is 49.2 Å². The SMILES string of the molecule is CCCCCOc1ccc(/C=N/Nc2ccc([N+](=O)[O-])cc2)cc1OCC. The van der Waals surface area contributed by atoms with Crippen LogP contribution in [-0.4, -0.2) is 24.4 Å². The molecule has 0 aromatic heterocycles. The fourth-order valence-corrected chi connectivity index (χ4v) is 2.37. The van der Waals surface area contributed by atoms with E-state index < -0.39 is 4.92 Å². The van der Waals surface area contributed by atoms with Crippen molar-refractivity contribution < 1.29 is 14.4 Å². The molecule has 0 amide bonds. The predicted molar refractivity (Wildman–Crippen MR) is 107 cm³/mol. The summed E-state index contributed by atoms with van der Waals surface area (Å²) < 4.78 is 11.5. The molecule has 2 aromatic rings. The molecule has 0 heterocycles. The maximum atomic E-state index is 10.7. The third-order valence-corrected chi connectivity index (χ3v) is 3.76. The van der Waals surface area contributed by atoms with E-state index in [9.17, 15) is 10.1 Å². The average Bonchev–Trinajstić information content (AvgIpc) is 2.67. The third kappa shape index (κ3) is 6.62. The van der Waals surface area contributed by atoms with Gasteiger partial charge >= 0.3 is 0 Å². The summed E-state index contributed by atoms with van der Waals surface area (Å²) in [6.45, 7) is 5.30. The minimum Gasteiger partial charge on any atom is -0.490 e. The van der Waals surface area contributed by atoms with Crippen molar-refractivity contribution >= 4 is 17.6 Å². The van der Waals surface area contributed by atoms with Crippen molar-refractivity contribution in [2.45, 2.75) is 33.1 Å². The van der Waals surface area contributed by atoms with Crippen LogP contribution in [0.15, 0.2) is 47.6 Å². The van der Waals surface area contributed by atoms with Gasteiger partial charge in [-0.1, -0.05) is 19.8 Å². The number of anilines is 1. The van der Waals surface area contributed by atoms with Crippen molar-refractivity contribution in [3.05, 3.63) is 58.1 Å². The standard InChI is InChI=1S/C20H25N3O4/c1-3-5-6-13-27-19-12-7-16(14-20(19)26-4-2)15-21-22-17-8-10-18(11-9-17)23(24)25/h7-12,14-15,22H,3-6,13H2,1-2H3/b21-15+. The van der Waals surface area contributed by atoms with Crippen LogP contribution >= 0.6 is 0 Å². The molecule has 2 rings (SSSR count). The Kier molecular flexibility index (Phi) is 8.09. The molecule has 1 N–H and O–H groups in total. The average molecular weight is 371 g/mol. The van der Waals surface area contributed by atoms with E-state index in [0.717, 1.165) is 30.6 Å². The highest BCUT2D eigenvalue weighted by Gasteiger charge is 2.06. The fourth-order valence-electron chi connectivity index (χ4n) is 2.37. The fraction of sp³-hybridized carbons (Fsp3) is 0.350. The number of nitrogens with one attached hydrogen (secondary N) is 1. The number of hydrazone groups is 1. The van der Waals surface area contributed by atoms with Crippen molar-refractivity contribution in [3.8, 4) is 11.5 Å². The molecule has 7 heteroatoms. The maximum absolute atomic E-state index is 10.7. The molecule has 7 nitrogen and oxygen atoms in total. The number of nitro groups is 1. The topological polar surface area (TPSA) is 86.0 Å². The normalized spacial score (nSPS) is 10.7. The number of non-ortho nitro benzene ring substituents is 1. The first kappa shape index (κ1) is 20.2. The van der Waals surface area contributed by atoms with Gasteiger partial charge in [0, 0.05) is 12.1 Å². The van der Waals surface area contributed by atoms with Crippen LogP contribution in [-0.2, 0) is 0 Å². The lowest BCUT2D eigenvalue weighted by atomic mass is 10.2. The Morgan fingerprint density at radius 1 is 1.07 bits per heavy atom. The van der Waals surface area contributed by atoms with E-state index in [4.69, 9.17) is 9.47 Å². The Balaban J connectivity index is 1.99. The lowest BCUT2D eigenvalue weighted by Gasteiger charge is -2.12. The molecule has 0 atom stereocenters. The summed E-state index contributed by atoms with van der Waals surface area (Å²) in [6.07, 6.45) is 4.97. The zero-order valence-electron chi connectivity index (χ0n) is 15.7. The number of rotatable bonds is 11. The molecule has 27 heavy (non-hydrogen) atoms. The molecule has 0 aliphatic heterocycles. The molecule has 0 spiro atoms. The predicted octanol–water partition coefficient (Wildman–Crippen LogP) is 5.01. The van der Waals surface area contributed by atoms with Crippen LogP contribution in [0, 0.1) is 10.1 Å². The Labute approximate surface area is 159 Å². The lowest BCUT2D eigenvalue weighted by molar-refractivity contribution is -0.384. The number of nitro benzene ring substituents is 1. The van der Waals surface area contributed by atoms with Gasteiger partial charge in [0.15, 0.2) is 11.5 Å². The van der Waals surface area contributed by atoms with Crippen LogP contribution < -0.4 is 14.9 Å². The quantitative estimate of drug-likeness (QED) is 0.260. The molecule has 0 unspecified atom stereocenters. The van der Waals surface area contributed by atoms with Gasteiger partial charge in [-0.3, -0.25) is 15.5 Å². The minimum absolute atomic E-state index is 0.0420. The first-order valence-electron chi connectivity index (χ1n) is 9.07. The summed E-state index contributed by atoms with van der Waals surface area (Å²) in [4.78, 5) is 10.2. The number of hydrogen-bond donors (Lipinski definition) is 1. The number of nitrogens with zero attached hydrogens (tertiary/aromatic N) is 2. The van der Waals surface area contributed by atoms with E-state index in [2.05, 4.69) is 17.5 Å². The van der Waals surface area contributed by atoms with Crippen molar-refractivity contribution in [3.63, 3.8) is 0 Å². The van der Waals surface area contributed by atoms with Crippen LogP contribution in [0.3, 0.4) is 0 Å². The van der Waals surface area contributed by atoms with E-state index in [1.54, 1.807) is 18.3 Å². The highest BCUT2D eigenvalue weighted by Crippen LogP contribution is 2.28. The van der Waals surface area contributed by atoms with Gasteiger partial charge in [0.05, 0.1) is 30.0 Å². The van der Waals surface area contributed by atoms with Crippen LogP contribution in [0.4, 0.5) is 11.4 Å². The minimum atomic E-state index is -0.436. The first-order valence-corrected chi connectivity index (χ1v) is 9.07. The lowest BCUT2D eigenvalue weighted by Crippen LogP contribution is -2.01. The number of ether oxygens (including phenoxy) is 2. The van der Waals surface area contributed by atoms with E-state index in [1.165, 1.54) is 12.1 Å². The van der Waals surface area contributed by atoms with Crippen molar-refractivity contribution in [2.75, 3.05) is 18.6 Å². The smallest absolute Gasteiger partial charge is 0.269 e. The van der Waals surface area contributed by atoms with Gasteiger partial charge in [-0.25, -0.2) is 0 Å².